The molecule has 1 aliphatic carbocycles. The lowest BCUT2D eigenvalue weighted by Crippen LogP contribution is -2.26. The first kappa shape index (κ1) is 11.0. The lowest BCUT2D eigenvalue weighted by molar-refractivity contribution is 0.556. The van der Waals surface area contributed by atoms with Gasteiger partial charge in [-0.1, -0.05) is 18.2 Å². The van der Waals surface area contributed by atoms with E-state index in [4.69, 9.17) is 11.5 Å². The molecule has 0 amide bonds. The van der Waals surface area contributed by atoms with Crippen molar-refractivity contribution in [2.75, 3.05) is 14.1 Å². The molecule has 1 unspecified atom stereocenters. The molecule has 0 spiro atoms. The summed E-state index contributed by atoms with van der Waals surface area (Å²) in [5, 5.41) is 0. The van der Waals surface area contributed by atoms with Crippen LogP contribution >= 0.6 is 0 Å². The zero-order valence-electron chi connectivity index (χ0n) is 9.07. The Hall–Kier alpha value is -1.06. The maximum atomic E-state index is 5.92. The summed E-state index contributed by atoms with van der Waals surface area (Å²) in [6, 6.07) is 0.0456. The number of nitrogens with zero attached hydrogens (tertiary/aromatic N) is 1. The maximum absolute atomic E-state index is 5.92. The van der Waals surface area contributed by atoms with Gasteiger partial charge in [-0.25, -0.2) is 0 Å². The monoisotopic (exact) mass is 193 g/mol. The highest BCUT2D eigenvalue weighted by Gasteiger charge is 2.11. The van der Waals surface area contributed by atoms with E-state index in [1.165, 1.54) is 0 Å². The molecule has 0 fully saturated rings. The van der Waals surface area contributed by atoms with E-state index in [0.717, 1.165) is 11.1 Å². The first-order valence-corrected chi connectivity index (χ1v) is 4.80. The second-order valence-electron chi connectivity index (χ2n) is 3.91. The minimum Gasteiger partial charge on any atom is -0.383 e. The summed E-state index contributed by atoms with van der Waals surface area (Å²) in [5.74, 6) is 0. The summed E-state index contributed by atoms with van der Waals surface area (Å²) in [5.41, 5.74) is 14.0. The minimum atomic E-state index is -0.0140. The average molecular weight is 193 g/mol. The molecule has 4 N–H and O–H groups in total. The molecule has 2 atom stereocenters. The fourth-order valence-corrected chi connectivity index (χ4v) is 1.37. The van der Waals surface area contributed by atoms with Crippen LogP contribution in [0.1, 0.15) is 6.92 Å². The van der Waals surface area contributed by atoms with Crippen molar-refractivity contribution in [3.05, 3.63) is 35.6 Å². The minimum absolute atomic E-state index is 0.0140. The molecule has 0 bridgehead atoms. The van der Waals surface area contributed by atoms with Gasteiger partial charge in [-0.05, 0) is 18.1 Å². The molecule has 0 aromatic rings. The van der Waals surface area contributed by atoms with Gasteiger partial charge in [0, 0.05) is 32.4 Å². The molecule has 0 saturated heterocycles. The molecule has 0 saturated carbocycles. The van der Waals surface area contributed by atoms with Gasteiger partial charge >= 0.3 is 0 Å². The quantitative estimate of drug-likeness (QED) is 0.675. The Morgan fingerprint density at radius 2 is 2.14 bits per heavy atom. The van der Waals surface area contributed by atoms with Gasteiger partial charge in [0.25, 0.3) is 0 Å². The molecule has 0 aliphatic heterocycles. The van der Waals surface area contributed by atoms with Crippen molar-refractivity contribution in [2.45, 2.75) is 19.0 Å². The van der Waals surface area contributed by atoms with Crippen LogP contribution in [0.5, 0.6) is 0 Å². The largest absolute Gasteiger partial charge is 0.383 e. The SMILES string of the molecule is C[C@H](N)C1=C/C(=C/N(C)C)C(N)C=C1. The van der Waals surface area contributed by atoms with Crippen molar-refractivity contribution in [3.8, 4) is 0 Å². The standard InChI is InChI=1S/C11H19N3/c1-8(12)9-4-5-11(13)10(6-9)7-14(2)3/h4-8,11H,12-13H2,1-3H3/b10-7-/t8-,11?/m0/s1. The second-order valence-corrected chi connectivity index (χ2v) is 3.91. The Balaban J connectivity index is 2.91. The highest BCUT2D eigenvalue weighted by molar-refractivity contribution is 5.42. The Morgan fingerprint density at radius 1 is 1.50 bits per heavy atom. The third-order valence-corrected chi connectivity index (χ3v) is 2.15. The summed E-state index contributed by atoms with van der Waals surface area (Å²) in [6.45, 7) is 1.97. The van der Waals surface area contributed by atoms with Gasteiger partial charge in [-0.2, -0.15) is 0 Å². The van der Waals surface area contributed by atoms with Crippen LogP contribution in [0.3, 0.4) is 0 Å². The van der Waals surface area contributed by atoms with Gasteiger partial charge in [0.1, 0.15) is 0 Å². The molecule has 1 rings (SSSR count). The van der Waals surface area contributed by atoms with E-state index in [9.17, 15) is 0 Å². The number of hydrogen-bond acceptors (Lipinski definition) is 3. The van der Waals surface area contributed by atoms with Crippen LogP contribution in [0.4, 0.5) is 0 Å². The maximum Gasteiger partial charge on any atom is 0.0498 e. The number of hydrogen-bond donors (Lipinski definition) is 2. The molecule has 0 heterocycles. The van der Waals surface area contributed by atoms with E-state index in [-0.39, 0.29) is 12.1 Å². The smallest absolute Gasteiger partial charge is 0.0498 e. The average Bonchev–Trinajstić information content (AvgIpc) is 2.07. The third-order valence-electron chi connectivity index (χ3n) is 2.15. The van der Waals surface area contributed by atoms with Gasteiger partial charge in [0.05, 0.1) is 0 Å². The van der Waals surface area contributed by atoms with Crippen LogP contribution in [0.25, 0.3) is 0 Å². The first-order valence-electron chi connectivity index (χ1n) is 4.80. The normalized spacial score (nSPS) is 26.2. The number of rotatable bonds is 2. The van der Waals surface area contributed by atoms with Crippen LogP contribution in [0.15, 0.2) is 35.6 Å². The van der Waals surface area contributed by atoms with Crippen molar-refractivity contribution in [2.24, 2.45) is 11.5 Å². The van der Waals surface area contributed by atoms with E-state index in [1.807, 2.05) is 44.3 Å². The zero-order valence-corrected chi connectivity index (χ0v) is 9.07. The van der Waals surface area contributed by atoms with Gasteiger partial charge < -0.3 is 16.4 Å². The van der Waals surface area contributed by atoms with E-state index >= 15 is 0 Å². The molecule has 0 radical (unpaired) electrons. The van der Waals surface area contributed by atoms with Crippen LogP contribution in [0.2, 0.25) is 0 Å². The highest BCUT2D eigenvalue weighted by Crippen LogP contribution is 2.17. The van der Waals surface area contributed by atoms with Crippen molar-refractivity contribution >= 4 is 0 Å². The van der Waals surface area contributed by atoms with Gasteiger partial charge in [-0.15, -0.1) is 0 Å². The molecule has 3 heteroatoms. The summed E-state index contributed by atoms with van der Waals surface area (Å²) < 4.78 is 0. The molecular formula is C11H19N3. The molecule has 1 aliphatic rings. The molecule has 78 valence electrons. The van der Waals surface area contributed by atoms with E-state index < -0.39 is 0 Å². The van der Waals surface area contributed by atoms with Crippen molar-refractivity contribution < 1.29 is 0 Å². The van der Waals surface area contributed by atoms with Crippen molar-refractivity contribution in [1.29, 1.82) is 0 Å². The number of nitrogens with two attached hydrogens (primary N) is 2. The summed E-state index contributed by atoms with van der Waals surface area (Å²) in [6.07, 6.45) is 8.07. The highest BCUT2D eigenvalue weighted by atomic mass is 15.0. The predicted molar refractivity (Wildman–Crippen MR) is 60.6 cm³/mol. The van der Waals surface area contributed by atoms with E-state index in [2.05, 4.69) is 6.08 Å². The van der Waals surface area contributed by atoms with Crippen LogP contribution in [0, 0.1) is 0 Å². The van der Waals surface area contributed by atoms with Crippen LogP contribution in [-0.4, -0.2) is 31.1 Å². The van der Waals surface area contributed by atoms with Crippen LogP contribution < -0.4 is 11.5 Å². The topological polar surface area (TPSA) is 55.3 Å². The predicted octanol–water partition coefficient (Wildman–Crippen LogP) is 0.603. The van der Waals surface area contributed by atoms with Crippen molar-refractivity contribution in [3.63, 3.8) is 0 Å². The Bertz CT molecular complexity index is 285. The summed E-state index contributed by atoms with van der Waals surface area (Å²) >= 11 is 0. The first-order chi connectivity index (χ1) is 6.50. The summed E-state index contributed by atoms with van der Waals surface area (Å²) in [7, 11) is 3.97. The van der Waals surface area contributed by atoms with Gasteiger partial charge in [0.2, 0.25) is 0 Å². The fraction of sp³-hybridized carbons (Fsp3) is 0.455. The molecule has 0 aromatic carbocycles. The Labute approximate surface area is 85.8 Å². The summed E-state index contributed by atoms with van der Waals surface area (Å²) in [4.78, 5) is 1.99. The van der Waals surface area contributed by atoms with E-state index in [1.54, 1.807) is 0 Å². The second kappa shape index (κ2) is 4.44. The van der Waals surface area contributed by atoms with Crippen LogP contribution in [-0.2, 0) is 0 Å². The molecular weight excluding hydrogens is 174 g/mol. The third kappa shape index (κ3) is 2.72. The lowest BCUT2D eigenvalue weighted by Gasteiger charge is -2.19. The Kier molecular flexibility index (Phi) is 3.49. The van der Waals surface area contributed by atoms with Gasteiger partial charge in [-0.3, -0.25) is 0 Å². The van der Waals surface area contributed by atoms with Gasteiger partial charge in [0.15, 0.2) is 0 Å². The Morgan fingerprint density at radius 3 is 2.64 bits per heavy atom. The zero-order chi connectivity index (χ0) is 10.7. The van der Waals surface area contributed by atoms with E-state index in [0.29, 0.717) is 0 Å². The molecule has 0 aromatic heterocycles. The lowest BCUT2D eigenvalue weighted by atomic mass is 9.95. The molecule has 14 heavy (non-hydrogen) atoms. The fourth-order valence-electron chi connectivity index (χ4n) is 1.37. The van der Waals surface area contributed by atoms with Crippen molar-refractivity contribution in [1.82, 2.24) is 4.90 Å². The molecule has 3 nitrogen and oxygen atoms in total.